The van der Waals surface area contributed by atoms with Gasteiger partial charge in [0, 0.05) is 22.4 Å². The number of thioether (sulfide) groups is 1. The molecule has 1 aromatic carbocycles. The summed E-state index contributed by atoms with van der Waals surface area (Å²) in [7, 11) is 1.52. The molecule has 0 atom stereocenters. The number of nitrogens with zero attached hydrogens (tertiary/aromatic N) is 1. The molecule has 0 unspecified atom stereocenters. The van der Waals surface area contributed by atoms with Crippen LogP contribution in [0.3, 0.4) is 0 Å². The average molecular weight is 293 g/mol. The van der Waals surface area contributed by atoms with Crippen LogP contribution in [0.1, 0.15) is 15.9 Å². The Labute approximate surface area is 119 Å². The van der Waals surface area contributed by atoms with E-state index in [1.54, 1.807) is 12.3 Å². The highest BCUT2D eigenvalue weighted by Crippen LogP contribution is 2.29. The maximum Gasteiger partial charge on any atom is 0.335 e. The fraction of sp³-hybridized carbons (Fsp3) is 0.143. The number of hydrogen-bond donors (Lipinski definition) is 1. The monoisotopic (exact) mass is 293 g/mol. The Hall–Kier alpha value is -2.08. The number of methoxy groups -OCH3 is 1. The minimum absolute atomic E-state index is 0.0621. The molecule has 2 aromatic rings. The molecule has 0 aliphatic heterocycles. The minimum atomic E-state index is -1.08. The van der Waals surface area contributed by atoms with E-state index >= 15 is 0 Å². The summed E-state index contributed by atoms with van der Waals surface area (Å²) in [6.45, 7) is 0. The molecule has 0 amide bonds. The third-order valence-electron chi connectivity index (χ3n) is 2.60. The highest BCUT2D eigenvalue weighted by atomic mass is 32.2. The lowest BCUT2D eigenvalue weighted by atomic mass is 10.2. The number of carboxylic acid groups (broad SMARTS) is 1. The van der Waals surface area contributed by atoms with Crippen LogP contribution in [0.4, 0.5) is 4.39 Å². The van der Waals surface area contributed by atoms with Gasteiger partial charge in [0.15, 0.2) is 0 Å². The van der Waals surface area contributed by atoms with Crippen molar-refractivity contribution in [2.75, 3.05) is 7.11 Å². The molecule has 104 valence electrons. The normalized spacial score (nSPS) is 10.3. The molecule has 0 saturated carbocycles. The number of carbonyl (C=O) groups is 1. The third kappa shape index (κ3) is 3.27. The molecule has 0 aliphatic rings. The first kappa shape index (κ1) is 14.3. The first-order valence-electron chi connectivity index (χ1n) is 5.75. The number of benzene rings is 1. The van der Waals surface area contributed by atoms with Crippen molar-refractivity contribution in [1.82, 2.24) is 4.98 Å². The summed E-state index contributed by atoms with van der Waals surface area (Å²) < 4.78 is 18.8. The van der Waals surface area contributed by atoms with Crippen LogP contribution >= 0.6 is 11.8 Å². The van der Waals surface area contributed by atoms with E-state index in [-0.39, 0.29) is 10.5 Å². The van der Waals surface area contributed by atoms with Gasteiger partial charge in [-0.1, -0.05) is 6.07 Å². The van der Waals surface area contributed by atoms with Crippen molar-refractivity contribution in [3.8, 4) is 5.88 Å². The van der Waals surface area contributed by atoms with Gasteiger partial charge in [-0.3, -0.25) is 0 Å². The smallest absolute Gasteiger partial charge is 0.335 e. The van der Waals surface area contributed by atoms with Gasteiger partial charge in [0.05, 0.1) is 12.7 Å². The molecule has 2 rings (SSSR count). The summed E-state index contributed by atoms with van der Waals surface area (Å²) in [5.41, 5.74) is 0.882. The highest BCUT2D eigenvalue weighted by molar-refractivity contribution is 7.98. The lowest BCUT2D eigenvalue weighted by molar-refractivity contribution is 0.0696. The molecule has 4 nitrogen and oxygen atoms in total. The second-order valence-corrected chi connectivity index (χ2v) is 4.93. The Morgan fingerprint density at radius 3 is 2.95 bits per heavy atom. The fourth-order valence-electron chi connectivity index (χ4n) is 1.62. The number of aromatic carboxylic acids is 1. The van der Waals surface area contributed by atoms with Crippen molar-refractivity contribution in [2.45, 2.75) is 10.6 Å². The van der Waals surface area contributed by atoms with E-state index in [4.69, 9.17) is 9.84 Å². The molecule has 0 radical (unpaired) electrons. The molecule has 0 bridgehead atoms. The molecule has 0 fully saturated rings. The number of ether oxygens (including phenoxy) is 1. The van der Waals surface area contributed by atoms with E-state index in [9.17, 15) is 9.18 Å². The fourth-order valence-corrected chi connectivity index (χ4v) is 2.57. The van der Waals surface area contributed by atoms with Crippen LogP contribution in [0.5, 0.6) is 5.88 Å². The van der Waals surface area contributed by atoms with Crippen LogP contribution in [-0.4, -0.2) is 23.2 Å². The number of rotatable bonds is 5. The van der Waals surface area contributed by atoms with Gasteiger partial charge >= 0.3 is 5.97 Å². The van der Waals surface area contributed by atoms with Gasteiger partial charge in [0.2, 0.25) is 5.88 Å². The first-order chi connectivity index (χ1) is 9.61. The van der Waals surface area contributed by atoms with Crippen molar-refractivity contribution in [3.05, 3.63) is 53.5 Å². The van der Waals surface area contributed by atoms with Crippen LogP contribution in [0.15, 0.2) is 41.4 Å². The topological polar surface area (TPSA) is 59.4 Å². The van der Waals surface area contributed by atoms with Crippen LogP contribution < -0.4 is 4.74 Å². The zero-order valence-electron chi connectivity index (χ0n) is 10.7. The maximum atomic E-state index is 13.7. The van der Waals surface area contributed by atoms with E-state index in [2.05, 4.69) is 4.98 Å². The number of halogens is 1. The Bertz CT molecular complexity index is 634. The van der Waals surface area contributed by atoms with Gasteiger partial charge in [-0.2, -0.15) is 0 Å². The predicted molar refractivity (Wildman–Crippen MR) is 73.7 cm³/mol. The quantitative estimate of drug-likeness (QED) is 0.858. The summed E-state index contributed by atoms with van der Waals surface area (Å²) in [6, 6.07) is 7.32. The van der Waals surface area contributed by atoms with E-state index in [1.807, 2.05) is 6.07 Å². The van der Waals surface area contributed by atoms with Crippen molar-refractivity contribution < 1.29 is 19.0 Å². The van der Waals surface area contributed by atoms with Gasteiger partial charge < -0.3 is 9.84 Å². The van der Waals surface area contributed by atoms with Crippen LogP contribution in [-0.2, 0) is 5.75 Å². The van der Waals surface area contributed by atoms with E-state index in [1.165, 1.54) is 31.0 Å². The van der Waals surface area contributed by atoms with Crippen molar-refractivity contribution in [3.63, 3.8) is 0 Å². The average Bonchev–Trinajstić information content (AvgIpc) is 2.46. The van der Waals surface area contributed by atoms with Crippen molar-refractivity contribution in [2.24, 2.45) is 0 Å². The third-order valence-corrected chi connectivity index (χ3v) is 3.68. The van der Waals surface area contributed by atoms with E-state index in [0.29, 0.717) is 11.6 Å². The van der Waals surface area contributed by atoms with Crippen molar-refractivity contribution in [1.29, 1.82) is 0 Å². The molecular formula is C14H12FNO3S. The predicted octanol–water partition coefficient (Wildman–Crippen LogP) is 3.22. The van der Waals surface area contributed by atoms with Gasteiger partial charge in [-0.25, -0.2) is 14.2 Å². The maximum absolute atomic E-state index is 13.7. The lowest BCUT2D eigenvalue weighted by Gasteiger charge is -2.07. The number of pyridine rings is 1. The van der Waals surface area contributed by atoms with Gasteiger partial charge in [-0.15, -0.1) is 11.8 Å². The van der Waals surface area contributed by atoms with Gasteiger partial charge in [-0.05, 0) is 24.3 Å². The number of carboxylic acids is 1. The summed E-state index contributed by atoms with van der Waals surface area (Å²) in [6.07, 6.45) is 1.61. The SMILES string of the molecule is COc1ncccc1CSc1cc(C(=O)O)ccc1F. The summed E-state index contributed by atoms with van der Waals surface area (Å²) in [4.78, 5) is 15.2. The summed E-state index contributed by atoms with van der Waals surface area (Å²) in [5, 5.41) is 8.91. The largest absolute Gasteiger partial charge is 0.481 e. The number of hydrogen-bond acceptors (Lipinski definition) is 4. The molecule has 20 heavy (non-hydrogen) atoms. The Morgan fingerprint density at radius 1 is 1.45 bits per heavy atom. The molecule has 0 aliphatic carbocycles. The van der Waals surface area contributed by atoms with Gasteiger partial charge in [0.25, 0.3) is 0 Å². The molecule has 1 aromatic heterocycles. The standard InChI is InChI=1S/C14H12FNO3S/c1-19-13-10(3-2-6-16-13)8-20-12-7-9(14(17)18)4-5-11(12)15/h2-7H,8H2,1H3,(H,17,18). The second-order valence-electron chi connectivity index (χ2n) is 3.91. The molecule has 1 heterocycles. The molecule has 0 spiro atoms. The lowest BCUT2D eigenvalue weighted by Crippen LogP contribution is -1.97. The van der Waals surface area contributed by atoms with Crippen molar-refractivity contribution >= 4 is 17.7 Å². The Balaban J connectivity index is 2.18. The molecule has 6 heteroatoms. The van der Waals surface area contributed by atoms with E-state index < -0.39 is 11.8 Å². The highest BCUT2D eigenvalue weighted by Gasteiger charge is 2.10. The van der Waals surface area contributed by atoms with Crippen LogP contribution in [0.25, 0.3) is 0 Å². The van der Waals surface area contributed by atoms with E-state index in [0.717, 1.165) is 11.6 Å². The second kappa shape index (κ2) is 6.38. The minimum Gasteiger partial charge on any atom is -0.481 e. The Kier molecular flexibility index (Phi) is 4.57. The summed E-state index contributed by atoms with van der Waals surface area (Å²) >= 11 is 1.20. The summed E-state index contributed by atoms with van der Waals surface area (Å²) in [5.74, 6) is -0.597. The van der Waals surface area contributed by atoms with Crippen LogP contribution in [0.2, 0.25) is 0 Å². The van der Waals surface area contributed by atoms with Gasteiger partial charge in [0.1, 0.15) is 5.82 Å². The first-order valence-corrected chi connectivity index (χ1v) is 6.74. The van der Waals surface area contributed by atoms with Crippen LogP contribution in [0, 0.1) is 5.82 Å². The molecule has 0 saturated heterocycles. The molecular weight excluding hydrogens is 281 g/mol. The molecule has 1 N–H and O–H groups in total. The zero-order chi connectivity index (χ0) is 14.5. The number of aromatic nitrogens is 1. The Morgan fingerprint density at radius 2 is 2.25 bits per heavy atom. The zero-order valence-corrected chi connectivity index (χ0v) is 11.5.